The van der Waals surface area contributed by atoms with E-state index in [1.807, 2.05) is 32.3 Å². The van der Waals surface area contributed by atoms with Gasteiger partial charge in [-0.2, -0.15) is 5.26 Å². The standard InChI is InChI=1S/C14H20N2O2/c1-16(2)8-7-11(10-15)13-6-5-12(17-3)9-14(13)18-4/h5-6,9,11H,7-8H2,1-4H3. The number of nitrogens with zero attached hydrogens (tertiary/aromatic N) is 2. The van der Waals surface area contributed by atoms with Gasteiger partial charge in [0.1, 0.15) is 11.5 Å². The molecule has 1 unspecified atom stereocenters. The predicted molar refractivity (Wildman–Crippen MR) is 71.1 cm³/mol. The zero-order chi connectivity index (χ0) is 13.5. The summed E-state index contributed by atoms with van der Waals surface area (Å²) in [5.74, 6) is 1.29. The summed E-state index contributed by atoms with van der Waals surface area (Å²) < 4.78 is 10.5. The molecule has 0 aliphatic heterocycles. The molecule has 0 aromatic heterocycles. The van der Waals surface area contributed by atoms with Gasteiger partial charge in [0.05, 0.1) is 26.2 Å². The fraction of sp³-hybridized carbons (Fsp3) is 0.500. The summed E-state index contributed by atoms with van der Waals surface area (Å²) in [6.45, 7) is 0.868. The third-order valence-corrected chi connectivity index (χ3v) is 2.84. The van der Waals surface area contributed by atoms with E-state index in [-0.39, 0.29) is 5.92 Å². The average molecular weight is 248 g/mol. The Morgan fingerprint density at radius 3 is 2.50 bits per heavy atom. The molecule has 0 amide bonds. The molecule has 18 heavy (non-hydrogen) atoms. The summed E-state index contributed by atoms with van der Waals surface area (Å²) in [4.78, 5) is 2.07. The maximum absolute atomic E-state index is 9.28. The van der Waals surface area contributed by atoms with E-state index < -0.39 is 0 Å². The van der Waals surface area contributed by atoms with Crippen molar-refractivity contribution in [2.24, 2.45) is 0 Å². The first-order valence-electron chi connectivity index (χ1n) is 5.88. The van der Waals surface area contributed by atoms with Crippen LogP contribution in [0.1, 0.15) is 17.9 Å². The van der Waals surface area contributed by atoms with Crippen LogP contribution in [0.25, 0.3) is 0 Å². The van der Waals surface area contributed by atoms with Gasteiger partial charge in [-0.3, -0.25) is 0 Å². The Morgan fingerprint density at radius 2 is 2.00 bits per heavy atom. The number of hydrogen-bond acceptors (Lipinski definition) is 4. The fourth-order valence-corrected chi connectivity index (χ4v) is 1.78. The van der Waals surface area contributed by atoms with Crippen LogP contribution in [0.2, 0.25) is 0 Å². The Bertz CT molecular complexity index is 424. The third-order valence-electron chi connectivity index (χ3n) is 2.84. The second kappa shape index (κ2) is 6.87. The predicted octanol–water partition coefficient (Wildman–Crippen LogP) is 2.26. The largest absolute Gasteiger partial charge is 0.497 e. The second-order valence-corrected chi connectivity index (χ2v) is 4.38. The van der Waals surface area contributed by atoms with Gasteiger partial charge < -0.3 is 14.4 Å². The maximum atomic E-state index is 9.28. The molecule has 0 saturated carbocycles. The molecule has 0 saturated heterocycles. The highest BCUT2D eigenvalue weighted by molar-refractivity contribution is 5.44. The lowest BCUT2D eigenvalue weighted by molar-refractivity contribution is 0.378. The van der Waals surface area contributed by atoms with Crippen LogP contribution >= 0.6 is 0 Å². The molecular weight excluding hydrogens is 228 g/mol. The molecule has 4 nitrogen and oxygen atoms in total. The summed E-state index contributed by atoms with van der Waals surface area (Å²) in [6.07, 6.45) is 0.784. The van der Waals surface area contributed by atoms with Crippen molar-refractivity contribution in [3.8, 4) is 17.6 Å². The molecule has 0 heterocycles. The molecule has 4 heteroatoms. The number of hydrogen-bond donors (Lipinski definition) is 0. The van der Waals surface area contributed by atoms with E-state index >= 15 is 0 Å². The number of methoxy groups -OCH3 is 2. The Morgan fingerprint density at radius 1 is 1.28 bits per heavy atom. The van der Waals surface area contributed by atoms with Gasteiger partial charge in [0.25, 0.3) is 0 Å². The minimum Gasteiger partial charge on any atom is -0.497 e. The third kappa shape index (κ3) is 3.64. The highest BCUT2D eigenvalue weighted by atomic mass is 16.5. The van der Waals surface area contributed by atoms with Gasteiger partial charge in [-0.1, -0.05) is 6.07 Å². The first-order valence-corrected chi connectivity index (χ1v) is 5.88. The van der Waals surface area contributed by atoms with Crippen molar-refractivity contribution in [3.05, 3.63) is 23.8 Å². The highest BCUT2D eigenvalue weighted by Gasteiger charge is 2.16. The molecule has 0 spiro atoms. The first-order chi connectivity index (χ1) is 8.62. The van der Waals surface area contributed by atoms with Crippen LogP contribution in [-0.2, 0) is 0 Å². The molecule has 0 aliphatic rings. The van der Waals surface area contributed by atoms with Crippen LogP contribution in [0, 0.1) is 11.3 Å². The fourth-order valence-electron chi connectivity index (χ4n) is 1.78. The average Bonchev–Trinajstić information content (AvgIpc) is 2.39. The second-order valence-electron chi connectivity index (χ2n) is 4.38. The maximum Gasteiger partial charge on any atom is 0.127 e. The molecule has 0 aliphatic carbocycles. The molecular formula is C14H20N2O2. The van der Waals surface area contributed by atoms with Gasteiger partial charge in [-0.05, 0) is 33.1 Å². The zero-order valence-electron chi connectivity index (χ0n) is 11.4. The Kier molecular flexibility index (Phi) is 5.47. The van der Waals surface area contributed by atoms with Crippen molar-refractivity contribution in [2.75, 3.05) is 34.9 Å². The first kappa shape index (κ1) is 14.3. The number of benzene rings is 1. The Balaban J connectivity index is 2.95. The van der Waals surface area contributed by atoms with Crippen molar-refractivity contribution < 1.29 is 9.47 Å². The summed E-state index contributed by atoms with van der Waals surface area (Å²) in [5.41, 5.74) is 0.919. The van der Waals surface area contributed by atoms with Crippen molar-refractivity contribution in [1.82, 2.24) is 4.90 Å². The molecule has 0 radical (unpaired) electrons. The van der Waals surface area contributed by atoms with E-state index in [9.17, 15) is 5.26 Å². The van der Waals surface area contributed by atoms with Crippen LogP contribution in [-0.4, -0.2) is 39.8 Å². The van der Waals surface area contributed by atoms with Gasteiger partial charge >= 0.3 is 0 Å². The van der Waals surface area contributed by atoms with Crippen LogP contribution in [0.3, 0.4) is 0 Å². The molecule has 98 valence electrons. The van der Waals surface area contributed by atoms with Crippen LogP contribution in [0.15, 0.2) is 18.2 Å². The summed E-state index contributed by atoms with van der Waals surface area (Å²) in [7, 11) is 7.22. The number of nitriles is 1. The number of ether oxygens (including phenoxy) is 2. The van der Waals surface area contributed by atoms with E-state index in [0.29, 0.717) is 5.75 Å². The van der Waals surface area contributed by atoms with E-state index in [1.165, 1.54) is 0 Å². The molecule has 1 atom stereocenters. The van der Waals surface area contributed by atoms with Gasteiger partial charge in [0.2, 0.25) is 0 Å². The van der Waals surface area contributed by atoms with Crippen LogP contribution < -0.4 is 9.47 Å². The van der Waals surface area contributed by atoms with Crippen molar-refractivity contribution in [3.63, 3.8) is 0 Å². The summed E-state index contributed by atoms with van der Waals surface area (Å²) in [5, 5.41) is 9.28. The van der Waals surface area contributed by atoms with E-state index in [4.69, 9.17) is 9.47 Å². The number of rotatable bonds is 6. The minimum absolute atomic E-state index is 0.159. The zero-order valence-corrected chi connectivity index (χ0v) is 11.4. The SMILES string of the molecule is COc1ccc(C(C#N)CCN(C)C)c(OC)c1. The monoisotopic (exact) mass is 248 g/mol. The smallest absolute Gasteiger partial charge is 0.127 e. The van der Waals surface area contributed by atoms with Gasteiger partial charge in [0.15, 0.2) is 0 Å². The van der Waals surface area contributed by atoms with Crippen LogP contribution in [0.5, 0.6) is 11.5 Å². The van der Waals surface area contributed by atoms with Crippen molar-refractivity contribution in [1.29, 1.82) is 5.26 Å². The Hall–Kier alpha value is -1.73. The van der Waals surface area contributed by atoms with Crippen LogP contribution in [0.4, 0.5) is 0 Å². The topological polar surface area (TPSA) is 45.5 Å². The van der Waals surface area contributed by atoms with Gasteiger partial charge in [-0.25, -0.2) is 0 Å². The van der Waals surface area contributed by atoms with E-state index in [1.54, 1.807) is 14.2 Å². The molecule has 0 N–H and O–H groups in total. The molecule has 1 aromatic rings. The normalized spacial score (nSPS) is 12.0. The highest BCUT2D eigenvalue weighted by Crippen LogP contribution is 2.32. The quantitative estimate of drug-likeness (QED) is 0.774. The summed E-state index contributed by atoms with van der Waals surface area (Å²) in [6, 6.07) is 7.92. The minimum atomic E-state index is -0.159. The van der Waals surface area contributed by atoms with Gasteiger partial charge in [0, 0.05) is 11.6 Å². The summed E-state index contributed by atoms with van der Waals surface area (Å²) >= 11 is 0. The van der Waals surface area contributed by atoms with E-state index in [0.717, 1.165) is 24.3 Å². The van der Waals surface area contributed by atoms with Gasteiger partial charge in [-0.15, -0.1) is 0 Å². The van der Waals surface area contributed by atoms with Crippen molar-refractivity contribution in [2.45, 2.75) is 12.3 Å². The molecule has 1 aromatic carbocycles. The van der Waals surface area contributed by atoms with Crippen molar-refractivity contribution >= 4 is 0 Å². The molecule has 0 bridgehead atoms. The van der Waals surface area contributed by atoms with E-state index in [2.05, 4.69) is 11.0 Å². The molecule has 0 fully saturated rings. The lowest BCUT2D eigenvalue weighted by atomic mass is 9.96. The lowest BCUT2D eigenvalue weighted by Crippen LogP contribution is -2.15. The molecule has 1 rings (SSSR count). The lowest BCUT2D eigenvalue weighted by Gasteiger charge is -2.16. The Labute approximate surface area is 109 Å².